The van der Waals surface area contributed by atoms with Gasteiger partial charge in [-0.05, 0) is 55.2 Å². The number of fused-ring (bicyclic) bond motifs is 1. The summed E-state index contributed by atoms with van der Waals surface area (Å²) in [5.41, 5.74) is 4.56. The number of rotatable bonds is 4. The van der Waals surface area contributed by atoms with Crippen molar-refractivity contribution in [3.63, 3.8) is 0 Å². The molecule has 0 radical (unpaired) electrons. The largest absolute Gasteiger partial charge is 0.427 e. The number of aryl methyl sites for hydroxylation is 3. The maximum atomic E-state index is 12.0. The summed E-state index contributed by atoms with van der Waals surface area (Å²) in [6, 6.07) is 13.8. The summed E-state index contributed by atoms with van der Waals surface area (Å²) >= 11 is 0. The Kier molecular flexibility index (Phi) is 3.96. The molecule has 0 amide bonds. The Balaban J connectivity index is 1.63. The molecule has 1 N–H and O–H groups in total. The summed E-state index contributed by atoms with van der Waals surface area (Å²) in [5, 5.41) is 1.17. The van der Waals surface area contributed by atoms with Crippen LogP contribution in [0.3, 0.4) is 0 Å². The Hall–Kier alpha value is -2.55. The lowest BCUT2D eigenvalue weighted by Gasteiger charge is -2.06. The van der Waals surface area contributed by atoms with Gasteiger partial charge < -0.3 is 9.72 Å². The van der Waals surface area contributed by atoms with Gasteiger partial charge >= 0.3 is 5.97 Å². The van der Waals surface area contributed by atoms with E-state index in [2.05, 4.69) is 11.1 Å². The SMILES string of the molecule is Cc1ccc(OC(=O)CCc2c[nH]c3ccccc23)cc1C. The molecule has 1 aromatic heterocycles. The molecule has 3 heteroatoms. The van der Waals surface area contributed by atoms with E-state index in [1.54, 1.807) is 0 Å². The van der Waals surface area contributed by atoms with E-state index in [1.165, 1.54) is 10.9 Å². The molecule has 0 aliphatic carbocycles. The summed E-state index contributed by atoms with van der Waals surface area (Å²) in [6.07, 6.45) is 3.01. The van der Waals surface area contributed by atoms with Crippen molar-refractivity contribution in [3.8, 4) is 5.75 Å². The number of H-pyrrole nitrogens is 1. The number of carbonyl (C=O) groups is 1. The Labute approximate surface area is 129 Å². The molecule has 112 valence electrons. The molecule has 0 unspecified atom stereocenters. The molecule has 3 rings (SSSR count). The maximum absolute atomic E-state index is 12.0. The van der Waals surface area contributed by atoms with Gasteiger partial charge in [0.15, 0.2) is 0 Å². The predicted molar refractivity (Wildman–Crippen MR) is 88.2 cm³/mol. The number of ether oxygens (including phenoxy) is 1. The second-order valence-corrected chi connectivity index (χ2v) is 5.58. The number of nitrogens with one attached hydrogen (secondary N) is 1. The normalized spacial score (nSPS) is 10.8. The van der Waals surface area contributed by atoms with Crippen LogP contribution in [0.5, 0.6) is 5.75 Å². The van der Waals surface area contributed by atoms with E-state index < -0.39 is 0 Å². The third-order valence-electron chi connectivity index (χ3n) is 3.98. The maximum Gasteiger partial charge on any atom is 0.311 e. The zero-order valence-electron chi connectivity index (χ0n) is 12.8. The van der Waals surface area contributed by atoms with Gasteiger partial charge in [-0.3, -0.25) is 4.79 Å². The van der Waals surface area contributed by atoms with E-state index >= 15 is 0 Å². The van der Waals surface area contributed by atoms with Gasteiger partial charge in [0.2, 0.25) is 0 Å². The quantitative estimate of drug-likeness (QED) is 0.575. The number of hydrogen-bond acceptors (Lipinski definition) is 2. The topological polar surface area (TPSA) is 42.1 Å². The van der Waals surface area contributed by atoms with Crippen LogP contribution in [-0.2, 0) is 11.2 Å². The number of para-hydroxylation sites is 1. The first kappa shape index (κ1) is 14.4. The van der Waals surface area contributed by atoms with Gasteiger partial charge in [0, 0.05) is 17.1 Å². The number of aromatic amines is 1. The minimum Gasteiger partial charge on any atom is -0.427 e. The average Bonchev–Trinajstić information content (AvgIpc) is 2.92. The molecule has 3 aromatic rings. The average molecular weight is 293 g/mol. The Morgan fingerprint density at radius 1 is 1.09 bits per heavy atom. The molecule has 0 fully saturated rings. The van der Waals surface area contributed by atoms with Crippen LogP contribution in [0, 0.1) is 13.8 Å². The molecular weight excluding hydrogens is 274 g/mol. The number of benzene rings is 2. The standard InChI is InChI=1S/C19H19NO2/c1-13-7-9-16(11-14(13)2)22-19(21)10-8-15-12-20-18-6-4-3-5-17(15)18/h3-7,9,11-12,20H,8,10H2,1-2H3. The van der Waals surface area contributed by atoms with Crippen LogP contribution >= 0.6 is 0 Å². The van der Waals surface area contributed by atoms with E-state index in [-0.39, 0.29) is 5.97 Å². The van der Waals surface area contributed by atoms with Crippen molar-refractivity contribution >= 4 is 16.9 Å². The van der Waals surface area contributed by atoms with Crippen LogP contribution < -0.4 is 4.74 Å². The van der Waals surface area contributed by atoms with Crippen molar-refractivity contribution in [1.29, 1.82) is 0 Å². The zero-order chi connectivity index (χ0) is 15.5. The van der Waals surface area contributed by atoms with Crippen LogP contribution in [0.4, 0.5) is 0 Å². The van der Waals surface area contributed by atoms with E-state index in [0.29, 0.717) is 18.6 Å². The van der Waals surface area contributed by atoms with Gasteiger partial charge in [-0.15, -0.1) is 0 Å². The van der Waals surface area contributed by atoms with E-state index in [1.807, 2.05) is 56.4 Å². The van der Waals surface area contributed by atoms with Crippen molar-refractivity contribution in [2.75, 3.05) is 0 Å². The first-order chi connectivity index (χ1) is 10.6. The summed E-state index contributed by atoms with van der Waals surface area (Å²) in [4.78, 5) is 15.2. The highest BCUT2D eigenvalue weighted by Gasteiger charge is 2.09. The fraction of sp³-hybridized carbons (Fsp3) is 0.211. The molecule has 0 bridgehead atoms. The third kappa shape index (κ3) is 3.03. The Morgan fingerprint density at radius 2 is 1.91 bits per heavy atom. The summed E-state index contributed by atoms with van der Waals surface area (Å²) in [7, 11) is 0. The van der Waals surface area contributed by atoms with Crippen LogP contribution in [0.25, 0.3) is 10.9 Å². The molecule has 3 nitrogen and oxygen atoms in total. The number of esters is 1. The van der Waals surface area contributed by atoms with Crippen molar-refractivity contribution < 1.29 is 9.53 Å². The van der Waals surface area contributed by atoms with Crippen LogP contribution in [0.1, 0.15) is 23.1 Å². The van der Waals surface area contributed by atoms with Crippen LogP contribution in [-0.4, -0.2) is 11.0 Å². The van der Waals surface area contributed by atoms with Gasteiger partial charge in [-0.25, -0.2) is 0 Å². The first-order valence-corrected chi connectivity index (χ1v) is 7.46. The highest BCUT2D eigenvalue weighted by atomic mass is 16.5. The van der Waals surface area contributed by atoms with Crippen molar-refractivity contribution in [2.24, 2.45) is 0 Å². The highest BCUT2D eigenvalue weighted by molar-refractivity contribution is 5.83. The molecule has 0 spiro atoms. The monoisotopic (exact) mass is 293 g/mol. The summed E-state index contributed by atoms with van der Waals surface area (Å²) in [5.74, 6) is 0.417. The molecule has 2 aromatic carbocycles. The lowest BCUT2D eigenvalue weighted by atomic mass is 10.1. The molecule has 0 saturated heterocycles. The summed E-state index contributed by atoms with van der Waals surface area (Å²) in [6.45, 7) is 4.05. The predicted octanol–water partition coefficient (Wildman–Crippen LogP) is 4.32. The number of aromatic nitrogens is 1. The second-order valence-electron chi connectivity index (χ2n) is 5.58. The Bertz CT molecular complexity index is 817. The van der Waals surface area contributed by atoms with E-state index in [0.717, 1.165) is 16.6 Å². The van der Waals surface area contributed by atoms with Gasteiger partial charge in [-0.2, -0.15) is 0 Å². The van der Waals surface area contributed by atoms with Gasteiger partial charge in [0.25, 0.3) is 0 Å². The van der Waals surface area contributed by atoms with Gasteiger partial charge in [0.05, 0.1) is 6.42 Å². The lowest BCUT2D eigenvalue weighted by Crippen LogP contribution is -2.09. The molecular formula is C19H19NO2. The first-order valence-electron chi connectivity index (χ1n) is 7.46. The third-order valence-corrected chi connectivity index (χ3v) is 3.98. The van der Waals surface area contributed by atoms with E-state index in [4.69, 9.17) is 4.74 Å². The fourth-order valence-electron chi connectivity index (χ4n) is 2.54. The molecule has 0 aliphatic rings. The zero-order valence-corrected chi connectivity index (χ0v) is 12.8. The van der Waals surface area contributed by atoms with Crippen molar-refractivity contribution in [1.82, 2.24) is 4.98 Å². The lowest BCUT2D eigenvalue weighted by molar-refractivity contribution is -0.134. The molecule has 0 atom stereocenters. The van der Waals surface area contributed by atoms with Crippen molar-refractivity contribution in [3.05, 3.63) is 65.4 Å². The van der Waals surface area contributed by atoms with E-state index in [9.17, 15) is 4.79 Å². The molecule has 22 heavy (non-hydrogen) atoms. The van der Waals surface area contributed by atoms with Crippen LogP contribution in [0.2, 0.25) is 0 Å². The second kappa shape index (κ2) is 6.06. The number of carbonyl (C=O) groups excluding carboxylic acids is 1. The minimum atomic E-state index is -0.200. The summed E-state index contributed by atoms with van der Waals surface area (Å²) < 4.78 is 5.41. The van der Waals surface area contributed by atoms with Crippen molar-refractivity contribution in [2.45, 2.75) is 26.7 Å². The number of hydrogen-bond donors (Lipinski definition) is 1. The smallest absolute Gasteiger partial charge is 0.311 e. The molecule has 1 heterocycles. The van der Waals surface area contributed by atoms with Crippen LogP contribution in [0.15, 0.2) is 48.7 Å². The minimum absolute atomic E-state index is 0.200. The Morgan fingerprint density at radius 3 is 2.73 bits per heavy atom. The highest BCUT2D eigenvalue weighted by Crippen LogP contribution is 2.20. The van der Waals surface area contributed by atoms with Gasteiger partial charge in [0.1, 0.15) is 5.75 Å². The van der Waals surface area contributed by atoms with Gasteiger partial charge in [-0.1, -0.05) is 24.3 Å². The molecule has 0 saturated carbocycles. The fourth-order valence-corrected chi connectivity index (χ4v) is 2.54. The molecule has 0 aliphatic heterocycles.